The number of para-hydroxylation sites is 3. The molecule has 1 aromatic heterocycles. The third-order valence-corrected chi connectivity index (χ3v) is 18.6. The summed E-state index contributed by atoms with van der Waals surface area (Å²) in [5.74, 6) is 3.92. The van der Waals surface area contributed by atoms with E-state index in [2.05, 4.69) is 274 Å². The topological polar surface area (TPSA) is 17.4 Å². The maximum atomic E-state index is 6.56. The molecule has 6 aliphatic rings. The summed E-state index contributed by atoms with van der Waals surface area (Å²) in [6.07, 6.45) is 20.9. The first kappa shape index (κ1) is 45.0. The van der Waals surface area contributed by atoms with E-state index in [0.717, 1.165) is 52.5 Å². The smallest absolute Gasteiger partial charge is 0.138 e. The average molecular weight is 981 g/mol. The lowest BCUT2D eigenvalue weighted by molar-refractivity contribution is 0.207. The molecular weight excluding hydrogens is 921 g/mol. The van der Waals surface area contributed by atoms with Crippen LogP contribution in [0.3, 0.4) is 0 Å². The number of aromatic nitrogens is 1. The molecule has 5 atom stereocenters. The van der Waals surface area contributed by atoms with Crippen molar-refractivity contribution in [3.63, 3.8) is 0 Å². The Kier molecular flexibility index (Phi) is 10.1. The molecule has 1 saturated carbocycles. The van der Waals surface area contributed by atoms with Gasteiger partial charge in [-0.3, -0.25) is 0 Å². The quantitative estimate of drug-likeness (QED) is 0.158. The van der Waals surface area contributed by atoms with Gasteiger partial charge in [0, 0.05) is 56.5 Å². The molecule has 0 saturated heterocycles. The highest BCUT2D eigenvalue weighted by Gasteiger charge is 2.57. The molecule has 368 valence electrons. The fraction of sp³-hybridized carbons (Fsp3) is 0.178. The fourth-order valence-corrected chi connectivity index (χ4v) is 14.8. The molecule has 76 heavy (non-hydrogen) atoms. The molecule has 5 unspecified atom stereocenters. The summed E-state index contributed by atoms with van der Waals surface area (Å²) in [4.78, 5) is 2.40. The number of nitrogens with zero attached hydrogens (tertiary/aromatic N) is 2. The van der Waals surface area contributed by atoms with Gasteiger partial charge in [0.2, 0.25) is 0 Å². The number of benzene rings is 8. The van der Waals surface area contributed by atoms with Crippen LogP contribution >= 0.6 is 0 Å². The van der Waals surface area contributed by atoms with Crippen LogP contribution < -0.4 is 9.64 Å². The van der Waals surface area contributed by atoms with Crippen molar-refractivity contribution in [2.45, 2.75) is 51.9 Å². The number of hydrogen-bond donors (Lipinski definition) is 0. The van der Waals surface area contributed by atoms with Crippen molar-refractivity contribution in [1.29, 1.82) is 0 Å². The Labute approximate surface area is 446 Å². The fourth-order valence-electron chi connectivity index (χ4n) is 14.8. The van der Waals surface area contributed by atoms with Gasteiger partial charge in [0.15, 0.2) is 0 Å². The van der Waals surface area contributed by atoms with Gasteiger partial charge in [0.05, 0.1) is 11.0 Å². The van der Waals surface area contributed by atoms with Crippen molar-refractivity contribution < 1.29 is 4.74 Å². The third-order valence-electron chi connectivity index (χ3n) is 18.6. The van der Waals surface area contributed by atoms with Crippen LogP contribution in [-0.2, 0) is 5.41 Å². The number of rotatable bonds is 7. The summed E-state index contributed by atoms with van der Waals surface area (Å²) in [6.45, 7) is 10.1. The minimum Gasteiger partial charge on any atom is -0.460 e. The molecule has 2 heterocycles. The molecule has 3 nitrogen and oxygen atoms in total. The van der Waals surface area contributed by atoms with Crippen LogP contribution in [0.15, 0.2) is 248 Å². The second-order valence-corrected chi connectivity index (χ2v) is 23.2. The summed E-state index contributed by atoms with van der Waals surface area (Å²) >= 11 is 0. The van der Waals surface area contributed by atoms with Crippen LogP contribution in [0, 0.1) is 29.1 Å². The van der Waals surface area contributed by atoms with E-state index in [1.807, 2.05) is 0 Å². The van der Waals surface area contributed by atoms with Gasteiger partial charge in [0.25, 0.3) is 0 Å². The lowest BCUT2D eigenvalue weighted by Crippen LogP contribution is -2.32. The van der Waals surface area contributed by atoms with E-state index in [9.17, 15) is 0 Å². The first-order valence-electron chi connectivity index (χ1n) is 27.5. The molecule has 3 heteroatoms. The third kappa shape index (κ3) is 6.80. The summed E-state index contributed by atoms with van der Waals surface area (Å²) in [7, 11) is 0. The van der Waals surface area contributed by atoms with Crippen LogP contribution in [0.25, 0.3) is 60.9 Å². The van der Waals surface area contributed by atoms with Crippen molar-refractivity contribution >= 4 is 50.0 Å². The maximum absolute atomic E-state index is 6.56. The zero-order valence-electron chi connectivity index (χ0n) is 43.6. The molecule has 0 spiro atoms. The molecule has 0 N–H and O–H groups in total. The Morgan fingerprint density at radius 1 is 0.579 bits per heavy atom. The molecular formula is C73H60N2O. The largest absolute Gasteiger partial charge is 0.460 e. The predicted octanol–water partition coefficient (Wildman–Crippen LogP) is 19.1. The van der Waals surface area contributed by atoms with Crippen LogP contribution in [0.4, 0.5) is 17.1 Å². The Balaban J connectivity index is 0.786. The molecule has 0 radical (unpaired) electrons. The van der Waals surface area contributed by atoms with Gasteiger partial charge in [-0.1, -0.05) is 203 Å². The van der Waals surface area contributed by atoms with Crippen LogP contribution in [-0.4, -0.2) is 4.57 Å². The lowest BCUT2D eigenvalue weighted by Gasteiger charge is -2.39. The number of allylic oxidation sites excluding steroid dienone is 12. The number of ether oxygens (including phenoxy) is 1. The molecule has 15 rings (SSSR count). The van der Waals surface area contributed by atoms with Gasteiger partial charge in [0.1, 0.15) is 11.5 Å². The summed E-state index contributed by atoms with van der Waals surface area (Å²) in [6, 6.07) is 69.9. The van der Waals surface area contributed by atoms with Crippen LogP contribution in [0.1, 0.15) is 68.7 Å². The van der Waals surface area contributed by atoms with Crippen molar-refractivity contribution in [1.82, 2.24) is 4.57 Å². The highest BCUT2D eigenvalue weighted by Crippen LogP contribution is 2.66. The molecule has 1 aliphatic heterocycles. The zero-order valence-corrected chi connectivity index (χ0v) is 43.6. The normalized spacial score (nSPS) is 22.0. The van der Waals surface area contributed by atoms with Crippen LogP contribution in [0.2, 0.25) is 0 Å². The SMILES string of the molecule is CC1(C)c2cc(-n3c4ccccc4c4ccccc43)ccc2C2=CC3C(CC21)C1=C(c2ccc(N(c4ccc(-c5ccccc5)cc4)c4ccc(-c5cccc6c5OC5=CC=CCC56)cc4)cc2)C=CC=CC1C3(C)C. The Morgan fingerprint density at radius 2 is 1.22 bits per heavy atom. The number of hydrogen-bond acceptors (Lipinski definition) is 2. The van der Waals surface area contributed by atoms with E-state index in [-0.39, 0.29) is 10.8 Å². The van der Waals surface area contributed by atoms with E-state index in [1.54, 1.807) is 11.1 Å². The van der Waals surface area contributed by atoms with E-state index in [4.69, 9.17) is 4.74 Å². The highest BCUT2D eigenvalue weighted by atomic mass is 16.5. The zero-order chi connectivity index (χ0) is 50.9. The van der Waals surface area contributed by atoms with E-state index in [1.165, 1.54) is 66.4 Å². The van der Waals surface area contributed by atoms with E-state index < -0.39 is 0 Å². The molecule has 0 bridgehead atoms. The number of fused-ring (bicyclic) bond motifs is 12. The summed E-state index contributed by atoms with van der Waals surface area (Å²) in [5.41, 5.74) is 21.8. The molecule has 0 amide bonds. The van der Waals surface area contributed by atoms with Crippen molar-refractivity contribution in [2.24, 2.45) is 29.1 Å². The van der Waals surface area contributed by atoms with Gasteiger partial charge in [-0.15, -0.1) is 0 Å². The van der Waals surface area contributed by atoms with Crippen molar-refractivity contribution in [3.05, 3.63) is 270 Å². The molecule has 5 aliphatic carbocycles. The second-order valence-electron chi connectivity index (χ2n) is 23.2. The first-order chi connectivity index (χ1) is 37.2. The molecule has 9 aromatic rings. The van der Waals surface area contributed by atoms with Crippen molar-refractivity contribution in [2.75, 3.05) is 4.90 Å². The lowest BCUT2D eigenvalue weighted by atomic mass is 9.64. The van der Waals surface area contributed by atoms with Crippen LogP contribution in [0.5, 0.6) is 5.75 Å². The summed E-state index contributed by atoms with van der Waals surface area (Å²) in [5, 5.41) is 2.60. The minimum atomic E-state index is -0.0359. The predicted molar refractivity (Wildman–Crippen MR) is 317 cm³/mol. The van der Waals surface area contributed by atoms with E-state index >= 15 is 0 Å². The van der Waals surface area contributed by atoms with Gasteiger partial charge < -0.3 is 14.2 Å². The minimum absolute atomic E-state index is 0.0359. The Morgan fingerprint density at radius 3 is 1.93 bits per heavy atom. The molecule has 8 aromatic carbocycles. The average Bonchev–Trinajstić information content (AvgIpc) is 4.24. The van der Waals surface area contributed by atoms with Crippen molar-refractivity contribution in [3.8, 4) is 33.7 Å². The van der Waals surface area contributed by atoms with E-state index in [0.29, 0.717) is 29.6 Å². The molecule has 1 fully saturated rings. The second kappa shape index (κ2) is 17.1. The Bertz CT molecular complexity index is 3970. The standard InChI is InChI=1S/C73H60N2O/c1-72(2)63-25-12-8-19-54(70(63)62-45-65-61(44-66(62)72)56-42-41-53(43-64(56)73(65,3)4)75-67-26-13-9-20-57(67)58-21-10-14-27-68(58)75)48-31-37-51(38-32-48)74(50-35-29-47(30-36-50)46-17-6-5-7-18-46)52-39-33-49(34-40-52)55-23-16-24-60-59-22-11-15-28-69(59)76-71(55)60/h5-21,23-44,59,62-63,65-66H,22,45H2,1-4H3. The van der Waals surface area contributed by atoms with Gasteiger partial charge in [-0.05, 0) is 153 Å². The first-order valence-corrected chi connectivity index (χ1v) is 27.5. The monoisotopic (exact) mass is 980 g/mol. The van der Waals surface area contributed by atoms with Gasteiger partial charge >= 0.3 is 0 Å². The Hall–Kier alpha value is -8.40. The van der Waals surface area contributed by atoms with Gasteiger partial charge in [-0.2, -0.15) is 0 Å². The number of anilines is 3. The van der Waals surface area contributed by atoms with Gasteiger partial charge in [-0.25, -0.2) is 0 Å². The summed E-state index contributed by atoms with van der Waals surface area (Å²) < 4.78 is 9.04. The highest BCUT2D eigenvalue weighted by molar-refractivity contribution is 6.09. The maximum Gasteiger partial charge on any atom is 0.138 e.